The van der Waals surface area contributed by atoms with Crippen LogP contribution in [-0.2, 0) is 0 Å². The van der Waals surface area contributed by atoms with Crippen LogP contribution in [0.15, 0.2) is 59.8 Å². The Morgan fingerprint density at radius 3 is 2.29 bits per heavy atom. The minimum Gasteiger partial charge on any atom is -0.362 e. The largest absolute Gasteiger partial charge is 0.362 e. The van der Waals surface area contributed by atoms with Gasteiger partial charge in [-0.3, -0.25) is 0 Å². The average Bonchev–Trinajstić information content (AvgIpc) is 3.33. The molecule has 1 aromatic carbocycles. The topological polar surface area (TPSA) is 6.48 Å². The number of allylic oxidation sites excluding steroid dienone is 4. The Kier molecular flexibility index (Phi) is 8.01. The smallest absolute Gasteiger partial charge is 0.0613 e. The van der Waals surface area contributed by atoms with Crippen LogP contribution < -0.4 is 0 Å². The molecule has 2 aliphatic heterocycles. The number of piperidine rings is 1. The number of likely N-dealkylation sites (tertiary alicyclic amines) is 2. The van der Waals surface area contributed by atoms with E-state index in [4.69, 9.17) is 0 Å². The molecule has 0 amide bonds. The van der Waals surface area contributed by atoms with Gasteiger partial charge in [0, 0.05) is 17.2 Å². The SMILES string of the molecule is C=C(CC(C)(C)C)N1C(c2ccc(C)cc2)C2CC=C(C)C=C2CC12CC2.CCCN1CCCC1. The second-order valence-electron chi connectivity index (χ2n) is 13.0. The highest BCUT2D eigenvalue weighted by molar-refractivity contribution is 5.40. The van der Waals surface area contributed by atoms with Crippen LogP contribution in [-0.4, -0.2) is 35.0 Å². The summed E-state index contributed by atoms with van der Waals surface area (Å²) < 4.78 is 0. The first-order chi connectivity index (χ1) is 16.6. The van der Waals surface area contributed by atoms with Gasteiger partial charge in [-0.2, -0.15) is 0 Å². The van der Waals surface area contributed by atoms with Gasteiger partial charge in [-0.1, -0.05) is 87.4 Å². The van der Waals surface area contributed by atoms with Gasteiger partial charge in [0.2, 0.25) is 0 Å². The molecule has 3 fully saturated rings. The van der Waals surface area contributed by atoms with Crippen molar-refractivity contribution < 1.29 is 0 Å². The van der Waals surface area contributed by atoms with Crippen molar-refractivity contribution in [1.29, 1.82) is 0 Å². The monoisotopic (exact) mass is 474 g/mol. The Morgan fingerprint density at radius 2 is 1.71 bits per heavy atom. The summed E-state index contributed by atoms with van der Waals surface area (Å²) in [5.74, 6) is 0.583. The van der Waals surface area contributed by atoms with Crippen molar-refractivity contribution in [1.82, 2.24) is 9.80 Å². The van der Waals surface area contributed by atoms with Crippen LogP contribution in [0.3, 0.4) is 0 Å². The van der Waals surface area contributed by atoms with Crippen LogP contribution in [0.4, 0.5) is 0 Å². The third-order valence-corrected chi connectivity index (χ3v) is 8.35. The van der Waals surface area contributed by atoms with E-state index in [0.29, 0.717) is 17.5 Å². The maximum absolute atomic E-state index is 4.64. The first-order valence-electron chi connectivity index (χ1n) is 14.3. The number of rotatable bonds is 5. The Balaban J connectivity index is 0.000000308. The van der Waals surface area contributed by atoms with Gasteiger partial charge in [0.25, 0.3) is 0 Å². The fourth-order valence-corrected chi connectivity index (χ4v) is 6.64. The molecule has 2 heterocycles. The lowest BCUT2D eigenvalue weighted by atomic mass is 9.72. The molecule has 2 atom stereocenters. The van der Waals surface area contributed by atoms with E-state index in [9.17, 15) is 0 Å². The van der Waals surface area contributed by atoms with Crippen molar-refractivity contribution in [3.05, 3.63) is 71.0 Å². The van der Waals surface area contributed by atoms with Crippen molar-refractivity contribution in [3.8, 4) is 0 Å². The molecule has 2 unspecified atom stereocenters. The molecule has 5 rings (SSSR count). The second kappa shape index (κ2) is 10.7. The van der Waals surface area contributed by atoms with Crippen molar-refractivity contribution in [3.63, 3.8) is 0 Å². The maximum atomic E-state index is 4.64. The van der Waals surface area contributed by atoms with Gasteiger partial charge in [-0.15, -0.1) is 0 Å². The Bertz CT molecular complexity index is 932. The Morgan fingerprint density at radius 1 is 1.06 bits per heavy atom. The molecule has 35 heavy (non-hydrogen) atoms. The van der Waals surface area contributed by atoms with Crippen LogP contribution in [0.2, 0.25) is 0 Å². The summed E-state index contributed by atoms with van der Waals surface area (Å²) in [7, 11) is 0. The van der Waals surface area contributed by atoms with E-state index in [1.54, 1.807) is 5.57 Å². The molecule has 2 aliphatic carbocycles. The predicted octanol–water partition coefficient (Wildman–Crippen LogP) is 8.61. The van der Waals surface area contributed by atoms with Crippen LogP contribution >= 0.6 is 0 Å². The van der Waals surface area contributed by atoms with Gasteiger partial charge < -0.3 is 9.80 Å². The number of fused-ring (bicyclic) bond motifs is 1. The molecule has 0 radical (unpaired) electrons. The van der Waals surface area contributed by atoms with Crippen LogP contribution in [0.25, 0.3) is 0 Å². The fraction of sp³-hybridized carbons (Fsp3) is 0.636. The maximum Gasteiger partial charge on any atom is 0.0613 e. The fourth-order valence-electron chi connectivity index (χ4n) is 6.64. The highest BCUT2D eigenvalue weighted by Crippen LogP contribution is 2.60. The van der Waals surface area contributed by atoms with E-state index in [2.05, 4.69) is 94.3 Å². The minimum atomic E-state index is 0.268. The number of hydrogen-bond acceptors (Lipinski definition) is 2. The molecule has 1 aromatic rings. The molecule has 2 heteroatoms. The molecule has 2 nitrogen and oxygen atoms in total. The van der Waals surface area contributed by atoms with E-state index in [1.165, 1.54) is 80.6 Å². The van der Waals surface area contributed by atoms with Gasteiger partial charge in [0.1, 0.15) is 0 Å². The molecule has 1 saturated carbocycles. The number of hydrogen-bond donors (Lipinski definition) is 0. The van der Waals surface area contributed by atoms with E-state index in [0.717, 1.165) is 12.8 Å². The minimum absolute atomic E-state index is 0.268. The predicted molar refractivity (Wildman–Crippen MR) is 151 cm³/mol. The molecule has 1 spiro atoms. The number of benzene rings is 1. The Labute approximate surface area is 216 Å². The molecule has 0 N–H and O–H groups in total. The zero-order valence-electron chi connectivity index (χ0n) is 23.5. The summed E-state index contributed by atoms with van der Waals surface area (Å²) in [6.07, 6.45) is 15.2. The van der Waals surface area contributed by atoms with Gasteiger partial charge in [0.05, 0.1) is 6.04 Å². The highest BCUT2D eigenvalue weighted by Gasteiger charge is 2.56. The number of aryl methyl sites for hydroxylation is 1. The van der Waals surface area contributed by atoms with Gasteiger partial charge >= 0.3 is 0 Å². The highest BCUT2D eigenvalue weighted by atomic mass is 15.3. The molecule has 4 aliphatic rings. The average molecular weight is 475 g/mol. The summed E-state index contributed by atoms with van der Waals surface area (Å²) in [6.45, 7) is 22.4. The lowest BCUT2D eigenvalue weighted by Crippen LogP contribution is -2.48. The third kappa shape index (κ3) is 6.31. The first kappa shape index (κ1) is 26.3. The molecule has 2 saturated heterocycles. The lowest BCUT2D eigenvalue weighted by molar-refractivity contribution is 0.0814. The van der Waals surface area contributed by atoms with E-state index in [1.807, 2.05) is 0 Å². The quantitative estimate of drug-likeness (QED) is 0.421. The summed E-state index contributed by atoms with van der Waals surface area (Å²) in [5.41, 5.74) is 7.86. The Hall–Kier alpha value is -1.80. The number of nitrogens with zero attached hydrogens (tertiary/aromatic N) is 2. The molecule has 0 bridgehead atoms. The van der Waals surface area contributed by atoms with E-state index < -0.39 is 0 Å². The van der Waals surface area contributed by atoms with Crippen LogP contribution in [0.1, 0.15) is 103 Å². The molecule has 0 aromatic heterocycles. The summed E-state index contributed by atoms with van der Waals surface area (Å²) in [6, 6.07) is 9.71. The van der Waals surface area contributed by atoms with Crippen molar-refractivity contribution in [2.24, 2.45) is 11.3 Å². The second-order valence-corrected chi connectivity index (χ2v) is 13.0. The van der Waals surface area contributed by atoms with Crippen LogP contribution in [0, 0.1) is 18.3 Å². The van der Waals surface area contributed by atoms with E-state index in [-0.39, 0.29) is 5.41 Å². The molecular formula is C33H50N2. The van der Waals surface area contributed by atoms with Crippen molar-refractivity contribution in [2.75, 3.05) is 19.6 Å². The van der Waals surface area contributed by atoms with Gasteiger partial charge in [0.15, 0.2) is 0 Å². The third-order valence-electron chi connectivity index (χ3n) is 8.35. The van der Waals surface area contributed by atoms with Crippen molar-refractivity contribution >= 4 is 0 Å². The normalized spacial score (nSPS) is 25.4. The van der Waals surface area contributed by atoms with Crippen LogP contribution in [0.5, 0.6) is 0 Å². The lowest BCUT2D eigenvalue weighted by Gasteiger charge is -2.52. The first-order valence-corrected chi connectivity index (χ1v) is 14.3. The summed E-state index contributed by atoms with van der Waals surface area (Å²) in [4.78, 5) is 5.32. The summed E-state index contributed by atoms with van der Waals surface area (Å²) in [5, 5.41) is 0. The molecular weight excluding hydrogens is 424 g/mol. The van der Waals surface area contributed by atoms with Crippen molar-refractivity contribution in [2.45, 2.75) is 104 Å². The van der Waals surface area contributed by atoms with E-state index >= 15 is 0 Å². The van der Waals surface area contributed by atoms with Gasteiger partial charge in [-0.05, 0) is 95.8 Å². The zero-order chi connectivity index (χ0) is 25.2. The van der Waals surface area contributed by atoms with Gasteiger partial charge in [-0.25, -0.2) is 0 Å². The standard InChI is InChI=1S/C26H35N.C7H15N/c1-18-7-10-21(11-8-18)24-23-12-9-19(2)15-22(23)17-26(13-14-26)27(24)20(3)16-25(4,5)6;1-2-5-8-6-3-4-7-8/h7-11,15,23-24H,3,12-14,16-17H2,1-2,4-6H3;2-7H2,1H3. The zero-order valence-corrected chi connectivity index (χ0v) is 23.5. The molecule has 192 valence electrons. The summed E-state index contributed by atoms with van der Waals surface area (Å²) >= 11 is 0.